The highest BCUT2D eigenvalue weighted by atomic mass is 16.5. The average Bonchev–Trinajstić information content (AvgIpc) is 2.63. The normalized spacial score (nSPS) is 10.5. The summed E-state index contributed by atoms with van der Waals surface area (Å²) in [4.78, 5) is 15.7. The van der Waals surface area contributed by atoms with Crippen LogP contribution in [0.25, 0.3) is 0 Å². The Bertz CT molecular complexity index is 627. The van der Waals surface area contributed by atoms with E-state index in [1.807, 2.05) is 24.3 Å². The smallest absolute Gasteiger partial charge is 0.220 e. The number of rotatable bonds is 10. The quantitative estimate of drug-likeness (QED) is 0.648. The zero-order valence-corrected chi connectivity index (χ0v) is 15.0. The lowest BCUT2D eigenvalue weighted by Gasteiger charge is -2.09. The van der Waals surface area contributed by atoms with Gasteiger partial charge in [0.15, 0.2) is 0 Å². The summed E-state index contributed by atoms with van der Waals surface area (Å²) in [5.74, 6) is 1.42. The molecule has 1 amide bonds. The standard InChI is InChI=1S/C20H27N3O2/c1-16(2)17-5-7-19(8-6-17)25-15-3-4-20(24)23-14-13-22-18-9-11-21-12-10-18/h5-12,16H,3-4,13-15H2,1-2H3,(H,21,22)(H,23,24). The maximum atomic E-state index is 11.8. The molecule has 25 heavy (non-hydrogen) atoms. The summed E-state index contributed by atoms with van der Waals surface area (Å²) < 4.78 is 5.68. The highest BCUT2D eigenvalue weighted by Crippen LogP contribution is 2.18. The number of nitrogens with zero attached hydrogens (tertiary/aromatic N) is 1. The van der Waals surface area contributed by atoms with Crippen molar-refractivity contribution in [2.24, 2.45) is 0 Å². The summed E-state index contributed by atoms with van der Waals surface area (Å²) in [6.07, 6.45) is 4.64. The lowest BCUT2D eigenvalue weighted by molar-refractivity contribution is -0.121. The summed E-state index contributed by atoms with van der Waals surface area (Å²) in [5.41, 5.74) is 2.30. The molecule has 5 nitrogen and oxygen atoms in total. The van der Waals surface area contributed by atoms with E-state index in [0.717, 1.165) is 11.4 Å². The van der Waals surface area contributed by atoms with Crippen LogP contribution in [0.5, 0.6) is 5.75 Å². The first-order valence-corrected chi connectivity index (χ1v) is 8.78. The molecule has 0 saturated carbocycles. The molecule has 0 unspecified atom stereocenters. The predicted molar refractivity (Wildman–Crippen MR) is 101 cm³/mol. The average molecular weight is 341 g/mol. The van der Waals surface area contributed by atoms with E-state index in [-0.39, 0.29) is 5.91 Å². The second kappa shape index (κ2) is 10.3. The molecule has 0 fully saturated rings. The van der Waals surface area contributed by atoms with Gasteiger partial charge in [0.2, 0.25) is 5.91 Å². The van der Waals surface area contributed by atoms with Gasteiger partial charge in [0.05, 0.1) is 6.61 Å². The van der Waals surface area contributed by atoms with Crippen LogP contribution in [0, 0.1) is 0 Å². The molecule has 1 aromatic heterocycles. The Hall–Kier alpha value is -2.56. The molecule has 2 N–H and O–H groups in total. The SMILES string of the molecule is CC(C)c1ccc(OCCCC(=O)NCCNc2ccncc2)cc1. The Morgan fingerprint density at radius 1 is 1.08 bits per heavy atom. The summed E-state index contributed by atoms with van der Waals surface area (Å²) >= 11 is 0. The zero-order chi connectivity index (χ0) is 17.9. The lowest BCUT2D eigenvalue weighted by atomic mass is 10.0. The predicted octanol–water partition coefficient (Wildman–Crippen LogP) is 3.59. The summed E-state index contributed by atoms with van der Waals surface area (Å²) in [6.45, 7) is 6.17. The molecular weight excluding hydrogens is 314 g/mol. The summed E-state index contributed by atoms with van der Waals surface area (Å²) in [7, 11) is 0. The third-order valence-corrected chi connectivity index (χ3v) is 3.82. The number of hydrogen-bond acceptors (Lipinski definition) is 4. The molecular formula is C20H27N3O2. The van der Waals surface area contributed by atoms with Crippen LogP contribution < -0.4 is 15.4 Å². The minimum absolute atomic E-state index is 0.0512. The Morgan fingerprint density at radius 2 is 1.80 bits per heavy atom. The Balaban J connectivity index is 1.53. The van der Waals surface area contributed by atoms with Crippen molar-refractivity contribution in [1.82, 2.24) is 10.3 Å². The summed E-state index contributed by atoms with van der Waals surface area (Å²) in [6, 6.07) is 11.9. The number of amides is 1. The minimum atomic E-state index is 0.0512. The van der Waals surface area contributed by atoms with E-state index >= 15 is 0 Å². The van der Waals surface area contributed by atoms with E-state index < -0.39 is 0 Å². The molecule has 2 rings (SSSR count). The van der Waals surface area contributed by atoms with E-state index in [9.17, 15) is 4.79 Å². The van der Waals surface area contributed by atoms with Crippen LogP contribution >= 0.6 is 0 Å². The van der Waals surface area contributed by atoms with Gasteiger partial charge in [0, 0.05) is 37.6 Å². The van der Waals surface area contributed by atoms with Crippen molar-refractivity contribution < 1.29 is 9.53 Å². The third-order valence-electron chi connectivity index (χ3n) is 3.82. The number of carbonyl (C=O) groups excluding carboxylic acids is 1. The monoisotopic (exact) mass is 341 g/mol. The molecule has 1 aromatic carbocycles. The zero-order valence-electron chi connectivity index (χ0n) is 15.0. The van der Waals surface area contributed by atoms with Gasteiger partial charge in [0.25, 0.3) is 0 Å². The number of ether oxygens (including phenoxy) is 1. The maximum absolute atomic E-state index is 11.8. The highest BCUT2D eigenvalue weighted by molar-refractivity contribution is 5.75. The molecule has 0 saturated heterocycles. The van der Waals surface area contributed by atoms with Crippen LogP contribution in [0.2, 0.25) is 0 Å². The van der Waals surface area contributed by atoms with Crippen molar-refractivity contribution in [1.29, 1.82) is 0 Å². The molecule has 0 atom stereocenters. The van der Waals surface area contributed by atoms with Gasteiger partial charge in [-0.05, 0) is 42.2 Å². The van der Waals surface area contributed by atoms with Gasteiger partial charge in [-0.3, -0.25) is 9.78 Å². The molecule has 0 bridgehead atoms. The Labute approximate surface area is 149 Å². The van der Waals surface area contributed by atoms with E-state index in [4.69, 9.17) is 4.74 Å². The fourth-order valence-corrected chi connectivity index (χ4v) is 2.34. The van der Waals surface area contributed by atoms with Gasteiger partial charge in [-0.1, -0.05) is 26.0 Å². The van der Waals surface area contributed by atoms with Crippen LogP contribution in [0.3, 0.4) is 0 Å². The maximum Gasteiger partial charge on any atom is 0.220 e. The number of benzene rings is 1. The Morgan fingerprint density at radius 3 is 2.48 bits per heavy atom. The van der Waals surface area contributed by atoms with E-state index in [1.54, 1.807) is 12.4 Å². The van der Waals surface area contributed by atoms with Crippen LogP contribution in [-0.2, 0) is 4.79 Å². The first-order chi connectivity index (χ1) is 12.1. The van der Waals surface area contributed by atoms with Gasteiger partial charge >= 0.3 is 0 Å². The second-order valence-corrected chi connectivity index (χ2v) is 6.19. The number of pyridine rings is 1. The first kappa shape index (κ1) is 18.8. The van der Waals surface area contributed by atoms with Crippen molar-refractivity contribution in [2.45, 2.75) is 32.6 Å². The number of anilines is 1. The minimum Gasteiger partial charge on any atom is -0.494 e. The summed E-state index contributed by atoms with van der Waals surface area (Å²) in [5, 5.41) is 6.12. The van der Waals surface area contributed by atoms with Crippen LogP contribution in [0.1, 0.15) is 38.2 Å². The fraction of sp³-hybridized carbons (Fsp3) is 0.400. The molecule has 2 aromatic rings. The number of aromatic nitrogens is 1. The molecule has 0 aliphatic heterocycles. The van der Waals surface area contributed by atoms with Crippen LogP contribution in [0.4, 0.5) is 5.69 Å². The van der Waals surface area contributed by atoms with E-state index in [0.29, 0.717) is 38.5 Å². The Kier molecular flexibility index (Phi) is 7.76. The molecule has 5 heteroatoms. The van der Waals surface area contributed by atoms with Gasteiger partial charge in [-0.15, -0.1) is 0 Å². The van der Waals surface area contributed by atoms with Gasteiger partial charge in [-0.25, -0.2) is 0 Å². The molecule has 0 aliphatic carbocycles. The second-order valence-electron chi connectivity index (χ2n) is 6.19. The molecule has 0 spiro atoms. The number of carbonyl (C=O) groups is 1. The van der Waals surface area contributed by atoms with Crippen LogP contribution in [-0.4, -0.2) is 30.6 Å². The van der Waals surface area contributed by atoms with Gasteiger partial charge < -0.3 is 15.4 Å². The van der Waals surface area contributed by atoms with Crippen molar-refractivity contribution >= 4 is 11.6 Å². The van der Waals surface area contributed by atoms with Crippen LogP contribution in [0.15, 0.2) is 48.8 Å². The third kappa shape index (κ3) is 7.25. The first-order valence-electron chi connectivity index (χ1n) is 8.78. The molecule has 0 aliphatic rings. The lowest BCUT2D eigenvalue weighted by Crippen LogP contribution is -2.28. The molecule has 0 radical (unpaired) electrons. The van der Waals surface area contributed by atoms with E-state index in [2.05, 4.69) is 41.6 Å². The van der Waals surface area contributed by atoms with Crippen molar-refractivity contribution in [2.75, 3.05) is 25.0 Å². The number of nitrogens with one attached hydrogen (secondary N) is 2. The fourth-order valence-electron chi connectivity index (χ4n) is 2.34. The van der Waals surface area contributed by atoms with Gasteiger partial charge in [0.1, 0.15) is 5.75 Å². The van der Waals surface area contributed by atoms with Crippen molar-refractivity contribution in [3.05, 3.63) is 54.4 Å². The number of hydrogen-bond donors (Lipinski definition) is 2. The van der Waals surface area contributed by atoms with Crippen molar-refractivity contribution in [3.63, 3.8) is 0 Å². The van der Waals surface area contributed by atoms with E-state index in [1.165, 1.54) is 5.56 Å². The largest absolute Gasteiger partial charge is 0.494 e. The topological polar surface area (TPSA) is 63.2 Å². The van der Waals surface area contributed by atoms with Gasteiger partial charge in [-0.2, -0.15) is 0 Å². The highest BCUT2D eigenvalue weighted by Gasteiger charge is 2.02. The molecule has 134 valence electrons. The molecule has 1 heterocycles. The van der Waals surface area contributed by atoms with Crippen molar-refractivity contribution in [3.8, 4) is 5.75 Å².